The van der Waals surface area contributed by atoms with Crippen molar-refractivity contribution in [2.24, 2.45) is 0 Å². The van der Waals surface area contributed by atoms with Gasteiger partial charge >= 0.3 is 0 Å². The van der Waals surface area contributed by atoms with Gasteiger partial charge in [-0.1, -0.05) is 18.2 Å². The highest BCUT2D eigenvalue weighted by Gasteiger charge is 2.19. The molecule has 0 spiro atoms. The first-order valence-electron chi connectivity index (χ1n) is 5.97. The Morgan fingerprint density at radius 3 is 3.00 bits per heavy atom. The average Bonchev–Trinajstić information content (AvgIpc) is 3.03. The molecule has 1 N–H and O–H groups in total. The first-order chi connectivity index (χ1) is 8.79. The summed E-state index contributed by atoms with van der Waals surface area (Å²) in [5, 5.41) is 11.3. The van der Waals surface area contributed by atoms with E-state index < -0.39 is 6.10 Å². The van der Waals surface area contributed by atoms with Crippen molar-refractivity contribution in [1.29, 1.82) is 0 Å². The molecule has 92 valence electrons. The third-order valence-corrected chi connectivity index (χ3v) is 3.05. The number of fused-ring (bicyclic) bond motifs is 1. The van der Waals surface area contributed by atoms with Gasteiger partial charge in [-0.05, 0) is 19.1 Å². The van der Waals surface area contributed by atoms with Crippen LogP contribution in [0, 0.1) is 0 Å². The van der Waals surface area contributed by atoms with Crippen molar-refractivity contribution in [3.05, 3.63) is 54.3 Å². The molecule has 18 heavy (non-hydrogen) atoms. The molecule has 0 saturated carbocycles. The van der Waals surface area contributed by atoms with Crippen molar-refractivity contribution in [2.75, 3.05) is 0 Å². The Labute approximate surface area is 104 Å². The summed E-state index contributed by atoms with van der Waals surface area (Å²) in [5.41, 5.74) is 0.779. The number of benzene rings is 1. The Morgan fingerprint density at radius 1 is 1.39 bits per heavy atom. The molecule has 1 aromatic carbocycles. The van der Waals surface area contributed by atoms with E-state index in [1.54, 1.807) is 6.20 Å². The number of para-hydroxylation sites is 1. The maximum absolute atomic E-state index is 10.3. The Balaban J connectivity index is 2.03. The molecule has 0 saturated heterocycles. The van der Waals surface area contributed by atoms with Crippen molar-refractivity contribution in [2.45, 2.75) is 19.6 Å². The van der Waals surface area contributed by atoms with Gasteiger partial charge in [0.25, 0.3) is 0 Å². The summed E-state index contributed by atoms with van der Waals surface area (Å²) in [6.07, 6.45) is 2.71. The van der Waals surface area contributed by atoms with Gasteiger partial charge in [0.15, 0.2) is 6.10 Å². The van der Waals surface area contributed by atoms with E-state index in [9.17, 15) is 5.11 Å². The first-order valence-corrected chi connectivity index (χ1v) is 5.97. The van der Waals surface area contributed by atoms with Crippen molar-refractivity contribution in [3.63, 3.8) is 0 Å². The van der Waals surface area contributed by atoms with Crippen LogP contribution in [0.25, 0.3) is 11.0 Å². The van der Waals surface area contributed by atoms with E-state index in [-0.39, 0.29) is 0 Å². The molecule has 0 aliphatic rings. The molecule has 2 aromatic heterocycles. The Kier molecular flexibility index (Phi) is 2.64. The van der Waals surface area contributed by atoms with E-state index in [0.717, 1.165) is 17.5 Å². The van der Waals surface area contributed by atoms with E-state index in [1.807, 2.05) is 48.0 Å². The number of aliphatic hydroxyl groups excluding tert-OH is 1. The fraction of sp³-hybridized carbons (Fsp3) is 0.214. The molecule has 0 fully saturated rings. The van der Waals surface area contributed by atoms with E-state index in [0.29, 0.717) is 11.6 Å². The van der Waals surface area contributed by atoms with Crippen molar-refractivity contribution in [1.82, 2.24) is 9.55 Å². The number of aromatic nitrogens is 2. The molecule has 4 heteroatoms. The van der Waals surface area contributed by atoms with Crippen LogP contribution in [0.15, 0.2) is 47.1 Å². The van der Waals surface area contributed by atoms with Gasteiger partial charge in [-0.3, -0.25) is 0 Å². The normalized spacial score (nSPS) is 13.0. The Hall–Kier alpha value is -2.07. The van der Waals surface area contributed by atoms with Gasteiger partial charge in [0.05, 0.1) is 0 Å². The van der Waals surface area contributed by atoms with Gasteiger partial charge in [0.1, 0.15) is 17.2 Å². The van der Waals surface area contributed by atoms with Crippen LogP contribution < -0.4 is 0 Å². The molecule has 1 atom stereocenters. The number of hydrogen-bond acceptors (Lipinski definition) is 3. The third kappa shape index (κ3) is 1.71. The van der Waals surface area contributed by atoms with Crippen LogP contribution in [-0.2, 0) is 6.54 Å². The standard InChI is InChI=1S/C14H14N2O2/c1-2-16-8-7-15-14(16)13(17)12-9-10-5-3-4-6-11(10)18-12/h3-9,13,17H,2H2,1H3. The minimum Gasteiger partial charge on any atom is -0.458 e. The topological polar surface area (TPSA) is 51.2 Å². The molecular formula is C14H14N2O2. The maximum Gasteiger partial charge on any atom is 0.169 e. The number of nitrogens with zero attached hydrogens (tertiary/aromatic N) is 2. The maximum atomic E-state index is 10.3. The number of furan rings is 1. The fourth-order valence-electron chi connectivity index (χ4n) is 2.10. The Bertz CT molecular complexity index is 636. The molecule has 3 aromatic rings. The summed E-state index contributed by atoms with van der Waals surface area (Å²) in [6, 6.07) is 9.56. The summed E-state index contributed by atoms with van der Waals surface area (Å²) in [6.45, 7) is 2.78. The smallest absolute Gasteiger partial charge is 0.169 e. The SMILES string of the molecule is CCn1ccnc1C(O)c1cc2ccccc2o1. The average molecular weight is 242 g/mol. The highest BCUT2D eigenvalue weighted by atomic mass is 16.4. The van der Waals surface area contributed by atoms with Crippen molar-refractivity contribution in [3.8, 4) is 0 Å². The lowest BCUT2D eigenvalue weighted by atomic mass is 10.2. The molecule has 0 aliphatic carbocycles. The summed E-state index contributed by atoms with van der Waals surface area (Å²) >= 11 is 0. The predicted molar refractivity (Wildman–Crippen MR) is 68.2 cm³/mol. The zero-order valence-electron chi connectivity index (χ0n) is 10.1. The second kappa shape index (κ2) is 4.31. The molecule has 4 nitrogen and oxygen atoms in total. The van der Waals surface area contributed by atoms with E-state index in [1.165, 1.54) is 0 Å². The Morgan fingerprint density at radius 2 is 2.22 bits per heavy atom. The second-order valence-corrected chi connectivity index (χ2v) is 4.16. The highest BCUT2D eigenvalue weighted by molar-refractivity contribution is 5.77. The predicted octanol–water partition coefficient (Wildman–Crippen LogP) is 2.73. The number of imidazole rings is 1. The summed E-state index contributed by atoms with van der Waals surface area (Å²) < 4.78 is 7.55. The minimum absolute atomic E-state index is 0.525. The molecule has 1 unspecified atom stereocenters. The zero-order chi connectivity index (χ0) is 12.5. The first kappa shape index (κ1) is 11.0. The lowest BCUT2D eigenvalue weighted by molar-refractivity contribution is 0.178. The lowest BCUT2D eigenvalue weighted by Gasteiger charge is -2.09. The summed E-state index contributed by atoms with van der Waals surface area (Å²) in [5.74, 6) is 1.13. The molecule has 3 rings (SSSR count). The van der Waals surface area contributed by atoms with Gasteiger partial charge in [0.2, 0.25) is 0 Å². The zero-order valence-corrected chi connectivity index (χ0v) is 10.1. The van der Waals surface area contributed by atoms with Crippen LogP contribution in [0.3, 0.4) is 0 Å². The number of hydrogen-bond donors (Lipinski definition) is 1. The monoisotopic (exact) mass is 242 g/mol. The number of aliphatic hydroxyl groups is 1. The number of rotatable bonds is 3. The molecular weight excluding hydrogens is 228 g/mol. The second-order valence-electron chi connectivity index (χ2n) is 4.16. The van der Waals surface area contributed by atoms with Crippen LogP contribution in [0.4, 0.5) is 0 Å². The summed E-state index contributed by atoms with van der Waals surface area (Å²) in [7, 11) is 0. The van der Waals surface area contributed by atoms with E-state index in [2.05, 4.69) is 4.98 Å². The summed E-state index contributed by atoms with van der Waals surface area (Å²) in [4.78, 5) is 4.19. The van der Waals surface area contributed by atoms with Crippen molar-refractivity contribution < 1.29 is 9.52 Å². The van der Waals surface area contributed by atoms with Gasteiger partial charge in [-0.15, -0.1) is 0 Å². The van der Waals surface area contributed by atoms with Gasteiger partial charge in [-0.25, -0.2) is 4.98 Å². The quantitative estimate of drug-likeness (QED) is 0.768. The fourth-order valence-corrected chi connectivity index (χ4v) is 2.10. The van der Waals surface area contributed by atoms with Crippen LogP contribution in [0.2, 0.25) is 0 Å². The van der Waals surface area contributed by atoms with Gasteiger partial charge in [0, 0.05) is 24.3 Å². The van der Waals surface area contributed by atoms with E-state index in [4.69, 9.17) is 4.42 Å². The van der Waals surface area contributed by atoms with Crippen LogP contribution >= 0.6 is 0 Å². The molecule has 0 bridgehead atoms. The van der Waals surface area contributed by atoms with Crippen molar-refractivity contribution >= 4 is 11.0 Å². The minimum atomic E-state index is -0.827. The lowest BCUT2D eigenvalue weighted by Crippen LogP contribution is -2.07. The third-order valence-electron chi connectivity index (χ3n) is 3.05. The van der Waals surface area contributed by atoms with Gasteiger partial charge < -0.3 is 14.1 Å². The van der Waals surface area contributed by atoms with Crippen LogP contribution in [0.1, 0.15) is 24.6 Å². The highest BCUT2D eigenvalue weighted by Crippen LogP contribution is 2.27. The number of aryl methyl sites for hydroxylation is 1. The van der Waals surface area contributed by atoms with Gasteiger partial charge in [-0.2, -0.15) is 0 Å². The molecule has 0 aliphatic heterocycles. The largest absolute Gasteiger partial charge is 0.458 e. The van der Waals surface area contributed by atoms with Crippen LogP contribution in [-0.4, -0.2) is 14.7 Å². The molecule has 0 amide bonds. The molecule has 0 radical (unpaired) electrons. The van der Waals surface area contributed by atoms with E-state index >= 15 is 0 Å². The van der Waals surface area contributed by atoms with Crippen LogP contribution in [0.5, 0.6) is 0 Å². The molecule has 2 heterocycles.